The Labute approximate surface area is 272 Å². The van der Waals surface area contributed by atoms with Gasteiger partial charge in [0.15, 0.2) is 10.1 Å². The third-order valence-corrected chi connectivity index (χ3v) is 7.83. The molecule has 0 unspecified atom stereocenters. The van der Waals surface area contributed by atoms with E-state index in [0.717, 1.165) is 16.7 Å². The van der Waals surface area contributed by atoms with Gasteiger partial charge in [0.2, 0.25) is 0 Å². The number of hydrogen-bond donors (Lipinski definition) is 1. The van der Waals surface area contributed by atoms with Gasteiger partial charge in [-0.25, -0.2) is 16.8 Å². The number of benzene rings is 3. The summed E-state index contributed by atoms with van der Waals surface area (Å²) in [6.45, 7) is 8.28. The van der Waals surface area contributed by atoms with E-state index in [0.29, 0.717) is 0 Å². The van der Waals surface area contributed by atoms with Gasteiger partial charge in [0.25, 0.3) is 0 Å². The number of halogens is 3. The van der Waals surface area contributed by atoms with Crippen molar-refractivity contribution in [1.29, 1.82) is 0 Å². The van der Waals surface area contributed by atoms with Crippen LogP contribution in [0.15, 0.2) is 89.8 Å². The van der Waals surface area contributed by atoms with E-state index in [1.165, 1.54) is 17.8 Å². The van der Waals surface area contributed by atoms with E-state index in [1.54, 1.807) is 24.3 Å². The van der Waals surface area contributed by atoms with Crippen LogP contribution >= 0.6 is 0 Å². The molecule has 44 heavy (non-hydrogen) atoms. The van der Waals surface area contributed by atoms with Gasteiger partial charge in [-0.1, -0.05) is 111 Å². The number of hydrogen-bond acceptors (Lipinski definition) is 6. The molecule has 1 aliphatic rings. The van der Waals surface area contributed by atoms with Crippen LogP contribution in [-0.2, 0) is 39.6 Å². The smallest absolute Gasteiger partial charge is 0.741 e. The molecule has 1 saturated carbocycles. The molecule has 0 aromatic heterocycles. The van der Waals surface area contributed by atoms with Crippen LogP contribution in [-0.4, -0.2) is 26.9 Å². The summed E-state index contributed by atoms with van der Waals surface area (Å²) in [5, 5.41) is 0. The molecule has 13 heteroatoms. The van der Waals surface area contributed by atoms with Crippen molar-refractivity contribution >= 4 is 20.1 Å². The van der Waals surface area contributed by atoms with Crippen LogP contribution in [0.3, 0.4) is 0 Å². The zero-order valence-electron chi connectivity index (χ0n) is 24.3. The van der Waals surface area contributed by atoms with Gasteiger partial charge in [-0.2, -0.15) is 13.2 Å². The monoisotopic (exact) mass is 736 g/mol. The summed E-state index contributed by atoms with van der Waals surface area (Å²) in [4.78, 5) is 0.171. The molecule has 0 heterocycles. The van der Waals surface area contributed by atoms with Gasteiger partial charge in [-0.3, -0.25) is 0 Å². The summed E-state index contributed by atoms with van der Waals surface area (Å²) in [5.41, 5.74) is 3.37. The molecule has 1 fully saturated rings. The van der Waals surface area contributed by atoms with Crippen molar-refractivity contribution in [2.45, 2.75) is 50.2 Å². The van der Waals surface area contributed by atoms with Crippen molar-refractivity contribution in [2.24, 2.45) is 5.73 Å². The van der Waals surface area contributed by atoms with Crippen LogP contribution in [0.1, 0.15) is 49.5 Å². The van der Waals surface area contributed by atoms with Crippen LogP contribution in [0, 0.1) is 43.9 Å². The van der Waals surface area contributed by atoms with Crippen molar-refractivity contribution < 1.29 is 54.0 Å². The predicted molar refractivity (Wildman–Crippen MR) is 160 cm³/mol. The Morgan fingerprint density at radius 3 is 1.41 bits per heavy atom. The Balaban J connectivity index is 0.000000442. The molecule has 0 saturated heterocycles. The summed E-state index contributed by atoms with van der Waals surface area (Å²) in [6.07, 6.45) is 6.56. The Bertz CT molecular complexity index is 1450. The van der Waals surface area contributed by atoms with E-state index in [-0.39, 0.29) is 24.4 Å². The van der Waals surface area contributed by atoms with Crippen molar-refractivity contribution in [3.8, 4) is 0 Å². The standard InChI is InChI=1S/C21H21N2O2S.C9H12.CHF3O3S.Ru/c1-16-12-14-19(15-13-16)26(24,25)23-21(18-10-6-3-7-11-18)20(22)17-8-4-2-5-9-17;1-7-4-8(2)6-9(3)5-7;2-1(3,4)8(5,6)7;/h2-15,20-21H,22H2,1H3;4-6H,1-3H3;(H,5,6,7);/q-1;;;+2/p-1/t20-,21-;;;/m0.../s1. The quantitative estimate of drug-likeness (QED) is 0.166. The van der Waals surface area contributed by atoms with Crippen molar-refractivity contribution in [3.63, 3.8) is 0 Å². The van der Waals surface area contributed by atoms with Crippen LogP contribution in [0.4, 0.5) is 13.2 Å². The van der Waals surface area contributed by atoms with Crippen LogP contribution in [0.25, 0.3) is 4.72 Å². The SMILES string of the molecule is C[C]1[CH][C](C)[CH][C](C)[CH]1.Cc1ccc(S(=O)(=O)[N-][C@@H](c2ccccc2)[C@@H](N)c2ccccc2)cc1.O=S(=O)([O-])C(F)(F)F.[Ru+2]. The number of nitrogens with zero attached hydrogens (tertiary/aromatic N) is 1. The predicted octanol–water partition coefficient (Wildman–Crippen LogP) is 6.94. The van der Waals surface area contributed by atoms with Gasteiger partial charge in [0.05, 0.1) is 0 Å². The van der Waals surface area contributed by atoms with E-state index >= 15 is 0 Å². The largest absolute Gasteiger partial charge is 2.00 e. The molecule has 3 aromatic carbocycles. The van der Waals surface area contributed by atoms with Crippen molar-refractivity contribution in [1.82, 2.24) is 0 Å². The summed E-state index contributed by atoms with van der Waals surface area (Å²) in [6, 6.07) is 24.1. The third kappa shape index (κ3) is 13.1. The van der Waals surface area contributed by atoms with Crippen LogP contribution < -0.4 is 5.73 Å². The van der Waals surface area contributed by atoms with E-state index < -0.39 is 37.7 Å². The van der Waals surface area contributed by atoms with Gasteiger partial charge in [-0.15, -0.1) is 0 Å². The molecule has 3 aromatic rings. The fourth-order valence-electron chi connectivity index (χ4n) is 3.96. The first kappa shape index (κ1) is 39.9. The molecule has 4 rings (SSSR count). The number of aryl methyl sites for hydroxylation is 1. The molecule has 0 aliphatic heterocycles. The molecule has 2 N–H and O–H groups in total. The Kier molecular flexibility index (Phi) is 15.9. The number of sulfonamides is 1. The fraction of sp³-hybridized carbons (Fsp3) is 0.226. The molecule has 0 spiro atoms. The Hall–Kier alpha value is -2.15. The zero-order chi connectivity index (χ0) is 32.4. The van der Waals surface area contributed by atoms with Gasteiger partial charge < -0.3 is 15.0 Å². The molecule has 1 aliphatic carbocycles. The van der Waals surface area contributed by atoms with Crippen molar-refractivity contribution in [2.75, 3.05) is 0 Å². The summed E-state index contributed by atoms with van der Waals surface area (Å²) < 4.78 is 88.8. The second kappa shape index (κ2) is 17.5. The van der Waals surface area contributed by atoms with E-state index in [4.69, 9.17) is 18.7 Å². The van der Waals surface area contributed by atoms with Crippen molar-refractivity contribution in [3.05, 3.63) is 143 Å². The first-order valence-electron chi connectivity index (χ1n) is 12.9. The molecular formula is C31H33F3N2O5RuS2. The summed E-state index contributed by atoms with van der Waals surface area (Å²) in [7, 11) is -9.92. The molecule has 238 valence electrons. The molecule has 2 atom stereocenters. The Morgan fingerprint density at radius 2 is 1.05 bits per heavy atom. The molecular weight excluding hydrogens is 703 g/mol. The number of nitrogens with two attached hydrogens (primary N) is 1. The molecule has 6 radical (unpaired) electrons. The second-order valence-electron chi connectivity index (χ2n) is 9.75. The van der Waals surface area contributed by atoms with Crippen LogP contribution in [0.2, 0.25) is 0 Å². The first-order chi connectivity index (χ1) is 19.9. The molecule has 0 amide bonds. The van der Waals surface area contributed by atoms with Gasteiger partial charge >= 0.3 is 25.0 Å². The first-order valence-corrected chi connectivity index (χ1v) is 15.7. The van der Waals surface area contributed by atoms with E-state index in [1.807, 2.05) is 67.6 Å². The topological polar surface area (TPSA) is 131 Å². The third-order valence-electron chi connectivity index (χ3n) is 5.89. The Morgan fingerprint density at radius 1 is 0.682 bits per heavy atom. The van der Waals surface area contributed by atoms with Gasteiger partial charge in [0, 0.05) is 10.9 Å². The average Bonchev–Trinajstić information content (AvgIpc) is 2.91. The molecule has 7 nitrogen and oxygen atoms in total. The molecule has 0 bridgehead atoms. The van der Waals surface area contributed by atoms with E-state index in [9.17, 15) is 21.6 Å². The van der Waals surface area contributed by atoms with E-state index in [2.05, 4.69) is 44.8 Å². The second-order valence-corrected chi connectivity index (χ2v) is 12.8. The normalized spacial score (nSPS) is 16.3. The van der Waals surface area contributed by atoms with Crippen LogP contribution in [0.5, 0.6) is 0 Å². The summed E-state index contributed by atoms with van der Waals surface area (Å²) >= 11 is 0. The van der Waals surface area contributed by atoms with Gasteiger partial charge in [-0.05, 0) is 61.6 Å². The average molecular weight is 736 g/mol. The fourth-order valence-corrected chi connectivity index (χ4v) is 5.12. The maximum atomic E-state index is 12.8. The number of alkyl halides is 3. The minimum Gasteiger partial charge on any atom is -0.741 e. The zero-order valence-corrected chi connectivity index (χ0v) is 27.7. The maximum absolute atomic E-state index is 12.8. The van der Waals surface area contributed by atoms with Gasteiger partial charge in [0.1, 0.15) is 10.0 Å². The minimum absolute atomic E-state index is 0. The maximum Gasteiger partial charge on any atom is 2.00 e. The minimum atomic E-state index is -6.09. The summed E-state index contributed by atoms with van der Waals surface area (Å²) in [5.74, 6) is 4.06. The number of rotatable bonds is 6.